The first kappa shape index (κ1) is 15.1. The van der Waals surface area contributed by atoms with E-state index >= 15 is 0 Å². The number of ether oxygens (including phenoxy) is 1. The number of fused-ring (bicyclic) bond motifs is 2. The van der Waals surface area contributed by atoms with Gasteiger partial charge in [0, 0.05) is 11.6 Å². The third-order valence-corrected chi connectivity index (χ3v) is 5.16. The lowest BCUT2D eigenvalue weighted by atomic mass is 9.86. The van der Waals surface area contributed by atoms with Crippen LogP contribution in [0.15, 0.2) is 29.4 Å². The molecule has 2 aliphatic carbocycles. The Hall–Kier alpha value is -1.84. The second-order valence-corrected chi connectivity index (χ2v) is 6.59. The van der Waals surface area contributed by atoms with Crippen LogP contribution in [0.25, 0.3) is 0 Å². The summed E-state index contributed by atoms with van der Waals surface area (Å²) in [6.07, 6.45) is 5.68. The van der Waals surface area contributed by atoms with Crippen LogP contribution in [0, 0.1) is 17.8 Å². The highest BCUT2D eigenvalue weighted by Gasteiger charge is 2.40. The van der Waals surface area contributed by atoms with Gasteiger partial charge in [-0.3, -0.25) is 4.79 Å². The van der Waals surface area contributed by atoms with Crippen LogP contribution in [0.4, 0.5) is 0 Å². The Kier molecular flexibility index (Phi) is 4.46. The number of carbonyl (C=O) groups is 1. The Morgan fingerprint density at radius 2 is 2.05 bits per heavy atom. The molecule has 3 rings (SSSR count). The number of nitrogens with zero attached hydrogens (tertiary/aromatic N) is 1. The summed E-state index contributed by atoms with van der Waals surface area (Å²) in [6.45, 7) is 2.05. The van der Waals surface area contributed by atoms with Gasteiger partial charge in [-0.2, -0.15) is 5.10 Å². The molecule has 3 atom stereocenters. The number of carbonyl (C=O) groups excluding carboxylic acids is 1. The minimum Gasteiger partial charge on any atom is -0.497 e. The molecule has 0 spiro atoms. The minimum atomic E-state index is -0.0623. The van der Waals surface area contributed by atoms with Gasteiger partial charge in [0.15, 0.2) is 0 Å². The van der Waals surface area contributed by atoms with Crippen molar-refractivity contribution >= 4 is 11.6 Å². The third-order valence-electron chi connectivity index (χ3n) is 5.16. The molecule has 22 heavy (non-hydrogen) atoms. The Morgan fingerprint density at radius 1 is 1.27 bits per heavy atom. The highest BCUT2D eigenvalue weighted by Crippen LogP contribution is 2.48. The van der Waals surface area contributed by atoms with Crippen molar-refractivity contribution in [1.29, 1.82) is 0 Å². The van der Waals surface area contributed by atoms with Crippen LogP contribution in [-0.4, -0.2) is 18.7 Å². The molecule has 4 heteroatoms. The van der Waals surface area contributed by atoms with Crippen LogP contribution < -0.4 is 10.2 Å². The smallest absolute Gasteiger partial charge is 0.244 e. The summed E-state index contributed by atoms with van der Waals surface area (Å²) < 4.78 is 5.11. The third kappa shape index (κ3) is 3.32. The topological polar surface area (TPSA) is 50.7 Å². The van der Waals surface area contributed by atoms with E-state index in [1.54, 1.807) is 7.11 Å². The number of hydrogen-bond acceptors (Lipinski definition) is 3. The minimum absolute atomic E-state index is 0.0623. The highest BCUT2D eigenvalue weighted by molar-refractivity contribution is 5.87. The number of methoxy groups -OCH3 is 1. The molecule has 1 N–H and O–H groups in total. The average molecular weight is 300 g/mol. The van der Waals surface area contributed by atoms with Gasteiger partial charge in [-0.25, -0.2) is 5.43 Å². The van der Waals surface area contributed by atoms with E-state index in [2.05, 4.69) is 17.5 Å². The molecule has 1 aromatic carbocycles. The molecule has 2 aliphatic rings. The van der Waals surface area contributed by atoms with Crippen molar-refractivity contribution in [2.24, 2.45) is 22.9 Å². The van der Waals surface area contributed by atoms with Crippen LogP contribution in [0.2, 0.25) is 0 Å². The molecule has 0 aliphatic heterocycles. The fourth-order valence-corrected chi connectivity index (χ4v) is 3.96. The predicted molar refractivity (Wildman–Crippen MR) is 86.9 cm³/mol. The largest absolute Gasteiger partial charge is 0.497 e. The van der Waals surface area contributed by atoms with E-state index in [1.165, 1.54) is 25.7 Å². The van der Waals surface area contributed by atoms with Crippen LogP contribution in [0.1, 0.15) is 38.2 Å². The van der Waals surface area contributed by atoms with E-state index < -0.39 is 0 Å². The molecule has 2 saturated carbocycles. The molecule has 1 aromatic rings. The van der Waals surface area contributed by atoms with Crippen molar-refractivity contribution < 1.29 is 9.53 Å². The lowest BCUT2D eigenvalue weighted by Crippen LogP contribution is -2.25. The van der Waals surface area contributed by atoms with Crippen molar-refractivity contribution in [2.45, 2.75) is 39.0 Å². The van der Waals surface area contributed by atoms with Crippen LogP contribution >= 0.6 is 0 Å². The maximum absolute atomic E-state index is 12.0. The molecule has 0 radical (unpaired) electrons. The van der Waals surface area contributed by atoms with Crippen molar-refractivity contribution in [3.8, 4) is 5.75 Å². The number of benzene rings is 1. The maximum atomic E-state index is 12.0. The van der Waals surface area contributed by atoms with Gasteiger partial charge in [0.05, 0.1) is 13.5 Å². The van der Waals surface area contributed by atoms with Gasteiger partial charge in [-0.15, -0.1) is 0 Å². The lowest BCUT2D eigenvalue weighted by molar-refractivity contribution is -0.120. The molecule has 2 bridgehead atoms. The zero-order valence-corrected chi connectivity index (χ0v) is 13.3. The predicted octanol–water partition coefficient (Wildman–Crippen LogP) is 3.17. The van der Waals surface area contributed by atoms with Crippen molar-refractivity contribution in [1.82, 2.24) is 5.43 Å². The number of amides is 1. The first-order valence-electron chi connectivity index (χ1n) is 8.11. The van der Waals surface area contributed by atoms with Gasteiger partial charge in [-0.05, 0) is 55.7 Å². The SMILES string of the molecule is COc1ccc(CC(=O)N/N=C(\C)[C@@H]2C[C@H]3CC[C@H]2C3)cc1. The van der Waals surface area contributed by atoms with Crippen LogP contribution in [-0.2, 0) is 11.2 Å². The molecule has 118 valence electrons. The summed E-state index contributed by atoms with van der Waals surface area (Å²) in [5.74, 6) is 3.02. The van der Waals surface area contributed by atoms with Crippen LogP contribution in [0.5, 0.6) is 5.75 Å². The van der Waals surface area contributed by atoms with E-state index in [4.69, 9.17) is 4.74 Å². The Labute approximate surface area is 131 Å². The highest BCUT2D eigenvalue weighted by atomic mass is 16.5. The van der Waals surface area contributed by atoms with Gasteiger partial charge in [-0.1, -0.05) is 18.6 Å². The first-order chi connectivity index (χ1) is 10.7. The monoisotopic (exact) mass is 300 g/mol. The fraction of sp³-hybridized carbons (Fsp3) is 0.556. The Bertz CT molecular complexity index is 565. The number of hydrogen-bond donors (Lipinski definition) is 1. The van der Waals surface area contributed by atoms with Gasteiger partial charge in [0.1, 0.15) is 5.75 Å². The van der Waals surface area contributed by atoms with Gasteiger partial charge in [0.2, 0.25) is 5.91 Å². The molecule has 0 unspecified atom stereocenters. The summed E-state index contributed by atoms with van der Waals surface area (Å²) in [4.78, 5) is 12.0. The lowest BCUT2D eigenvalue weighted by Gasteiger charge is -2.21. The molecule has 2 fully saturated rings. The molecular formula is C18H24N2O2. The summed E-state index contributed by atoms with van der Waals surface area (Å²) in [5.41, 5.74) is 4.77. The fourth-order valence-electron chi connectivity index (χ4n) is 3.96. The van der Waals surface area contributed by atoms with Crippen molar-refractivity contribution in [3.63, 3.8) is 0 Å². The van der Waals surface area contributed by atoms with E-state index in [-0.39, 0.29) is 5.91 Å². The summed E-state index contributed by atoms with van der Waals surface area (Å²) in [6, 6.07) is 7.55. The Balaban J connectivity index is 1.51. The first-order valence-corrected chi connectivity index (χ1v) is 8.11. The molecular weight excluding hydrogens is 276 g/mol. The number of rotatable bonds is 5. The van der Waals surface area contributed by atoms with E-state index in [0.29, 0.717) is 12.3 Å². The summed E-state index contributed by atoms with van der Waals surface area (Å²) in [5, 5.41) is 4.35. The van der Waals surface area contributed by atoms with E-state index in [0.717, 1.165) is 28.9 Å². The van der Waals surface area contributed by atoms with E-state index in [1.807, 2.05) is 24.3 Å². The maximum Gasteiger partial charge on any atom is 0.244 e. The average Bonchev–Trinajstić information content (AvgIpc) is 3.16. The second kappa shape index (κ2) is 6.51. The standard InChI is InChI=1S/C18H24N2O2/c1-12(17-10-14-3-6-15(17)9-14)19-20-18(21)11-13-4-7-16(22-2)8-5-13/h4-5,7-8,14-15,17H,3,6,9-11H2,1-2H3,(H,20,21)/b19-12+/t14-,15-,17-/m0/s1. The number of nitrogens with one attached hydrogen (secondary N) is 1. The molecule has 0 heterocycles. The number of hydrazone groups is 1. The zero-order valence-electron chi connectivity index (χ0n) is 13.3. The van der Waals surface area contributed by atoms with Gasteiger partial charge >= 0.3 is 0 Å². The summed E-state index contributed by atoms with van der Waals surface area (Å²) in [7, 11) is 1.63. The molecule has 1 amide bonds. The molecule has 0 saturated heterocycles. The van der Waals surface area contributed by atoms with Crippen molar-refractivity contribution in [3.05, 3.63) is 29.8 Å². The summed E-state index contributed by atoms with van der Waals surface area (Å²) >= 11 is 0. The quantitative estimate of drug-likeness (QED) is 0.671. The van der Waals surface area contributed by atoms with Gasteiger partial charge < -0.3 is 4.74 Å². The van der Waals surface area contributed by atoms with Crippen molar-refractivity contribution in [2.75, 3.05) is 7.11 Å². The zero-order chi connectivity index (χ0) is 15.5. The molecule has 0 aromatic heterocycles. The normalized spacial score (nSPS) is 27.0. The second-order valence-electron chi connectivity index (χ2n) is 6.59. The van der Waals surface area contributed by atoms with E-state index in [9.17, 15) is 4.79 Å². The van der Waals surface area contributed by atoms with Crippen LogP contribution in [0.3, 0.4) is 0 Å². The van der Waals surface area contributed by atoms with Gasteiger partial charge in [0.25, 0.3) is 0 Å². The Morgan fingerprint density at radius 3 is 2.64 bits per heavy atom. The molecule has 4 nitrogen and oxygen atoms in total.